The Hall–Kier alpha value is -3.35. The van der Waals surface area contributed by atoms with E-state index >= 15 is 0 Å². The van der Waals surface area contributed by atoms with E-state index in [9.17, 15) is 21.6 Å². The van der Waals surface area contributed by atoms with Crippen LogP contribution in [0.3, 0.4) is 0 Å². The molecule has 0 spiro atoms. The van der Waals surface area contributed by atoms with Crippen LogP contribution in [-0.4, -0.2) is 48.3 Å². The van der Waals surface area contributed by atoms with Gasteiger partial charge in [0.25, 0.3) is 20.0 Å². The molecule has 0 aliphatic heterocycles. The lowest BCUT2D eigenvalue weighted by atomic mass is 10.2. The summed E-state index contributed by atoms with van der Waals surface area (Å²) in [6, 6.07) is 14.3. The molecule has 1 aromatic heterocycles. The quantitative estimate of drug-likeness (QED) is 0.449. The molecule has 176 valence electrons. The molecule has 0 radical (unpaired) electrons. The fourth-order valence-electron chi connectivity index (χ4n) is 2.64. The van der Waals surface area contributed by atoms with E-state index in [0.717, 1.165) is 4.31 Å². The molecular weight excluding hydrogens is 472 g/mol. The van der Waals surface area contributed by atoms with Gasteiger partial charge in [0, 0.05) is 19.8 Å². The van der Waals surface area contributed by atoms with Gasteiger partial charge in [0.2, 0.25) is 5.09 Å². The number of methoxy groups -OCH3 is 1. The summed E-state index contributed by atoms with van der Waals surface area (Å²) in [7, 11) is -3.49. The highest BCUT2D eigenvalue weighted by Gasteiger charge is 2.22. The van der Waals surface area contributed by atoms with Gasteiger partial charge in [-0.25, -0.2) is 25.9 Å². The maximum Gasteiger partial charge on any atom is 0.338 e. The summed E-state index contributed by atoms with van der Waals surface area (Å²) in [5.41, 5.74) is 0.324. The first-order valence-electron chi connectivity index (χ1n) is 9.48. The van der Waals surface area contributed by atoms with Crippen LogP contribution in [0.25, 0.3) is 0 Å². The molecule has 10 nitrogen and oxygen atoms in total. The summed E-state index contributed by atoms with van der Waals surface area (Å²) >= 11 is 0. The number of sulfonamides is 2. The van der Waals surface area contributed by atoms with Gasteiger partial charge in [0.1, 0.15) is 18.1 Å². The Balaban J connectivity index is 1.69. The van der Waals surface area contributed by atoms with Crippen LogP contribution in [0.15, 0.2) is 75.1 Å². The van der Waals surface area contributed by atoms with E-state index in [1.54, 1.807) is 24.3 Å². The lowest BCUT2D eigenvalue weighted by Crippen LogP contribution is -2.21. The minimum absolute atomic E-state index is 0.000276. The molecule has 0 fully saturated rings. The molecule has 0 bridgehead atoms. The lowest BCUT2D eigenvalue weighted by molar-refractivity contribution is 0.0440. The Morgan fingerprint density at radius 1 is 1.00 bits per heavy atom. The topological polar surface area (TPSA) is 132 Å². The molecule has 0 saturated carbocycles. The minimum atomic E-state index is -3.97. The van der Waals surface area contributed by atoms with E-state index < -0.39 is 26.0 Å². The largest absolute Gasteiger partial charge is 0.497 e. The van der Waals surface area contributed by atoms with Crippen LogP contribution < -0.4 is 9.46 Å². The van der Waals surface area contributed by atoms with E-state index in [4.69, 9.17) is 13.9 Å². The molecule has 0 saturated heterocycles. The number of nitrogens with zero attached hydrogens (tertiary/aromatic N) is 1. The first kappa shape index (κ1) is 24.3. The molecule has 1 heterocycles. The molecular formula is C21H22N2O8S2. The smallest absolute Gasteiger partial charge is 0.338 e. The monoisotopic (exact) mass is 494 g/mol. The van der Waals surface area contributed by atoms with Crippen LogP contribution in [0.5, 0.6) is 5.75 Å². The van der Waals surface area contributed by atoms with Gasteiger partial charge in [-0.3, -0.25) is 4.72 Å². The van der Waals surface area contributed by atoms with Gasteiger partial charge >= 0.3 is 5.97 Å². The van der Waals surface area contributed by atoms with Gasteiger partial charge in [0.05, 0.1) is 17.6 Å². The first-order valence-corrected chi connectivity index (χ1v) is 12.4. The van der Waals surface area contributed by atoms with Crippen molar-refractivity contribution in [1.82, 2.24) is 4.31 Å². The van der Waals surface area contributed by atoms with Crippen LogP contribution >= 0.6 is 0 Å². The summed E-state index contributed by atoms with van der Waals surface area (Å²) in [6.45, 7) is -0.330. The van der Waals surface area contributed by atoms with E-state index in [1.807, 2.05) is 0 Å². The normalized spacial score (nSPS) is 11.9. The van der Waals surface area contributed by atoms with E-state index in [2.05, 4.69) is 4.72 Å². The molecule has 3 aromatic rings. The molecule has 33 heavy (non-hydrogen) atoms. The maximum atomic E-state index is 12.7. The zero-order chi connectivity index (χ0) is 24.2. The van der Waals surface area contributed by atoms with Crippen molar-refractivity contribution in [3.63, 3.8) is 0 Å². The fraction of sp³-hybridized carbons (Fsp3) is 0.190. The van der Waals surface area contributed by atoms with Crippen molar-refractivity contribution in [2.75, 3.05) is 25.9 Å². The van der Waals surface area contributed by atoms with Gasteiger partial charge in [-0.1, -0.05) is 6.07 Å². The summed E-state index contributed by atoms with van der Waals surface area (Å²) in [4.78, 5) is 12.3. The predicted octanol–water partition coefficient (Wildman–Crippen LogP) is 2.70. The number of carbonyl (C=O) groups excluding carboxylic acids is 1. The standard InChI is InChI=1S/C21H22N2O8S2/c1-23(2)33(27,28)20-12-11-18(31-20)14-30-21(24)15-5-4-6-19(13-15)32(25,26)22-16-7-9-17(29-3)10-8-16/h4-13,22H,14H2,1-3H3. The SMILES string of the molecule is COc1ccc(NS(=O)(=O)c2cccc(C(=O)OCc3ccc(S(=O)(=O)N(C)C)o3)c2)cc1. The minimum Gasteiger partial charge on any atom is -0.497 e. The molecule has 0 amide bonds. The second-order valence-corrected chi connectivity index (χ2v) is 10.7. The number of rotatable bonds is 9. The Morgan fingerprint density at radius 2 is 1.70 bits per heavy atom. The third kappa shape index (κ3) is 5.72. The summed E-state index contributed by atoms with van der Waals surface area (Å²) < 4.78 is 68.3. The highest BCUT2D eigenvalue weighted by molar-refractivity contribution is 7.92. The average molecular weight is 495 g/mol. The van der Waals surface area contributed by atoms with E-state index in [1.165, 1.54) is 57.6 Å². The number of esters is 1. The lowest BCUT2D eigenvalue weighted by Gasteiger charge is -2.10. The number of nitrogens with one attached hydrogen (secondary N) is 1. The van der Waals surface area contributed by atoms with Gasteiger partial charge in [-0.2, -0.15) is 0 Å². The Bertz CT molecular complexity index is 1340. The third-order valence-electron chi connectivity index (χ3n) is 4.44. The predicted molar refractivity (Wildman–Crippen MR) is 119 cm³/mol. The van der Waals surface area contributed by atoms with Crippen molar-refractivity contribution in [3.8, 4) is 5.75 Å². The number of benzene rings is 2. The van der Waals surface area contributed by atoms with Crippen molar-refractivity contribution in [1.29, 1.82) is 0 Å². The van der Waals surface area contributed by atoms with Gasteiger partial charge in [-0.15, -0.1) is 0 Å². The summed E-state index contributed by atoms with van der Waals surface area (Å²) in [5.74, 6) is -0.107. The highest BCUT2D eigenvalue weighted by Crippen LogP contribution is 2.21. The number of ether oxygens (including phenoxy) is 2. The fourth-order valence-corrected chi connectivity index (χ4v) is 4.55. The van der Waals surface area contributed by atoms with Crippen LogP contribution in [0.2, 0.25) is 0 Å². The number of hydrogen-bond donors (Lipinski definition) is 1. The van der Waals surface area contributed by atoms with Crippen LogP contribution in [0.4, 0.5) is 5.69 Å². The molecule has 0 aliphatic rings. The Morgan fingerprint density at radius 3 is 2.33 bits per heavy atom. The zero-order valence-corrected chi connectivity index (χ0v) is 19.6. The van der Waals surface area contributed by atoms with Crippen molar-refractivity contribution >= 4 is 31.7 Å². The van der Waals surface area contributed by atoms with Crippen LogP contribution in [-0.2, 0) is 31.4 Å². The molecule has 0 aliphatic carbocycles. The van der Waals surface area contributed by atoms with Crippen LogP contribution in [0.1, 0.15) is 16.1 Å². The van der Waals surface area contributed by atoms with Crippen molar-refractivity contribution in [2.45, 2.75) is 16.6 Å². The second-order valence-electron chi connectivity index (χ2n) is 6.95. The summed E-state index contributed by atoms with van der Waals surface area (Å²) in [5, 5.41) is -0.281. The van der Waals surface area contributed by atoms with Gasteiger partial charge < -0.3 is 13.9 Å². The molecule has 2 aromatic carbocycles. The Kier molecular flexibility index (Phi) is 7.10. The molecule has 1 N–H and O–H groups in total. The zero-order valence-electron chi connectivity index (χ0n) is 18.0. The maximum absolute atomic E-state index is 12.7. The highest BCUT2D eigenvalue weighted by atomic mass is 32.2. The second kappa shape index (κ2) is 9.65. The number of furan rings is 1. The summed E-state index contributed by atoms with van der Waals surface area (Å²) in [6.07, 6.45) is 0. The molecule has 12 heteroatoms. The van der Waals surface area contributed by atoms with Gasteiger partial charge in [-0.05, 0) is 54.6 Å². The molecule has 0 atom stereocenters. The van der Waals surface area contributed by atoms with Crippen molar-refractivity contribution in [2.24, 2.45) is 0 Å². The van der Waals surface area contributed by atoms with Crippen LogP contribution in [0, 0.1) is 0 Å². The van der Waals surface area contributed by atoms with Crippen molar-refractivity contribution < 1.29 is 35.5 Å². The average Bonchev–Trinajstić information content (AvgIpc) is 3.27. The molecule has 0 unspecified atom stereocenters. The first-order chi connectivity index (χ1) is 15.5. The Labute approximate surface area is 191 Å². The van der Waals surface area contributed by atoms with Gasteiger partial charge in [0.15, 0.2) is 0 Å². The number of carbonyl (C=O) groups is 1. The molecule has 3 rings (SSSR count). The van der Waals surface area contributed by atoms with Crippen molar-refractivity contribution in [3.05, 3.63) is 72.0 Å². The number of hydrogen-bond acceptors (Lipinski definition) is 8. The van der Waals surface area contributed by atoms with E-state index in [-0.39, 0.29) is 27.9 Å². The third-order valence-corrected chi connectivity index (χ3v) is 7.51. The van der Waals surface area contributed by atoms with E-state index in [0.29, 0.717) is 11.4 Å². The number of anilines is 1.